The minimum Gasteiger partial charge on any atom is -0.483 e. The maximum atomic E-state index is 12.7. The summed E-state index contributed by atoms with van der Waals surface area (Å²) >= 11 is 0. The highest BCUT2D eigenvalue weighted by Crippen LogP contribution is 2.25. The number of aromatic nitrogens is 2. The zero-order chi connectivity index (χ0) is 19.2. The van der Waals surface area contributed by atoms with Crippen LogP contribution in [0.15, 0.2) is 42.5 Å². The standard InChI is InChI=1S/C23H28N2O2/c1-4-5-6-7-13-20-17(2)24-25(18(20)3)23(26)16-27-22-15-10-12-19-11-8-9-14-21(19)22/h8-12,14-15H,4-7,13,16H2,1-3H3. The average molecular weight is 364 g/mol. The molecule has 0 unspecified atom stereocenters. The summed E-state index contributed by atoms with van der Waals surface area (Å²) in [4.78, 5) is 12.7. The quantitative estimate of drug-likeness (QED) is 0.496. The van der Waals surface area contributed by atoms with Crippen LogP contribution < -0.4 is 4.74 Å². The molecule has 0 aliphatic heterocycles. The predicted molar refractivity (Wildman–Crippen MR) is 110 cm³/mol. The molecule has 3 rings (SSSR count). The first kappa shape index (κ1) is 19.2. The Balaban J connectivity index is 1.69. The van der Waals surface area contributed by atoms with Gasteiger partial charge in [-0.2, -0.15) is 5.10 Å². The number of aryl methyl sites for hydroxylation is 1. The lowest BCUT2D eigenvalue weighted by Gasteiger charge is -2.09. The first-order valence-electron chi connectivity index (χ1n) is 9.80. The number of ether oxygens (including phenoxy) is 1. The molecule has 0 N–H and O–H groups in total. The molecule has 0 bridgehead atoms. The molecule has 0 spiro atoms. The fraction of sp³-hybridized carbons (Fsp3) is 0.391. The summed E-state index contributed by atoms with van der Waals surface area (Å²) in [5, 5.41) is 6.58. The number of hydrogen-bond acceptors (Lipinski definition) is 3. The van der Waals surface area contributed by atoms with Gasteiger partial charge in [-0.25, -0.2) is 4.68 Å². The van der Waals surface area contributed by atoms with Crippen molar-refractivity contribution in [2.45, 2.75) is 52.9 Å². The van der Waals surface area contributed by atoms with E-state index in [1.165, 1.54) is 29.5 Å². The molecule has 0 atom stereocenters. The maximum absolute atomic E-state index is 12.7. The van der Waals surface area contributed by atoms with Gasteiger partial charge in [-0.05, 0) is 43.7 Å². The number of nitrogens with zero attached hydrogens (tertiary/aromatic N) is 2. The number of hydrogen-bond donors (Lipinski definition) is 0. The lowest BCUT2D eigenvalue weighted by Crippen LogP contribution is -2.21. The second-order valence-electron chi connectivity index (χ2n) is 7.03. The Morgan fingerprint density at radius 2 is 1.81 bits per heavy atom. The number of benzene rings is 2. The minimum absolute atomic E-state index is 0.0226. The fourth-order valence-corrected chi connectivity index (χ4v) is 3.53. The van der Waals surface area contributed by atoms with Gasteiger partial charge in [-0.1, -0.05) is 62.6 Å². The van der Waals surface area contributed by atoms with E-state index in [4.69, 9.17) is 4.74 Å². The third-order valence-electron chi connectivity index (χ3n) is 5.06. The minimum atomic E-state index is -0.136. The molecule has 0 fully saturated rings. The molecule has 3 aromatic rings. The zero-order valence-corrected chi connectivity index (χ0v) is 16.5. The summed E-state index contributed by atoms with van der Waals surface area (Å²) in [5.41, 5.74) is 3.09. The molecule has 2 aromatic carbocycles. The van der Waals surface area contributed by atoms with Gasteiger partial charge in [0.2, 0.25) is 0 Å². The van der Waals surface area contributed by atoms with Gasteiger partial charge in [0, 0.05) is 11.1 Å². The van der Waals surface area contributed by atoms with E-state index in [1.54, 1.807) is 0 Å². The van der Waals surface area contributed by atoms with Crippen molar-refractivity contribution in [3.8, 4) is 5.75 Å². The van der Waals surface area contributed by atoms with Gasteiger partial charge in [-0.15, -0.1) is 0 Å². The number of carbonyl (C=O) groups is 1. The van der Waals surface area contributed by atoms with E-state index >= 15 is 0 Å². The largest absolute Gasteiger partial charge is 0.483 e. The van der Waals surface area contributed by atoms with Crippen LogP contribution in [0, 0.1) is 13.8 Å². The summed E-state index contributed by atoms with van der Waals surface area (Å²) in [6.45, 7) is 6.15. The SMILES string of the molecule is CCCCCCc1c(C)nn(C(=O)COc2cccc3ccccc23)c1C. The Morgan fingerprint density at radius 1 is 1.04 bits per heavy atom. The third kappa shape index (κ3) is 4.38. The molecule has 0 saturated heterocycles. The lowest BCUT2D eigenvalue weighted by atomic mass is 10.0. The van der Waals surface area contributed by atoms with E-state index in [1.807, 2.05) is 56.3 Å². The van der Waals surface area contributed by atoms with E-state index in [0.717, 1.165) is 40.8 Å². The monoisotopic (exact) mass is 364 g/mol. The lowest BCUT2D eigenvalue weighted by molar-refractivity contribution is 0.0819. The molecule has 4 heteroatoms. The summed E-state index contributed by atoms with van der Waals surface area (Å²) in [6, 6.07) is 13.9. The van der Waals surface area contributed by atoms with Crippen molar-refractivity contribution in [1.82, 2.24) is 9.78 Å². The van der Waals surface area contributed by atoms with Gasteiger partial charge in [0.1, 0.15) is 5.75 Å². The summed E-state index contributed by atoms with van der Waals surface area (Å²) < 4.78 is 7.35. The van der Waals surface area contributed by atoms with Gasteiger partial charge >= 0.3 is 0 Å². The smallest absolute Gasteiger partial charge is 0.284 e. The van der Waals surface area contributed by atoms with Gasteiger partial charge in [0.15, 0.2) is 6.61 Å². The number of rotatable bonds is 8. The number of unbranched alkanes of at least 4 members (excludes halogenated alkanes) is 3. The van der Waals surface area contributed by atoms with E-state index in [0.29, 0.717) is 0 Å². The third-order valence-corrected chi connectivity index (χ3v) is 5.06. The second kappa shape index (κ2) is 8.85. The van der Waals surface area contributed by atoms with Crippen LogP contribution >= 0.6 is 0 Å². The van der Waals surface area contributed by atoms with Crippen molar-refractivity contribution in [3.63, 3.8) is 0 Å². The normalized spacial score (nSPS) is 11.1. The highest BCUT2D eigenvalue weighted by atomic mass is 16.5. The Labute approximate surface area is 161 Å². The average Bonchev–Trinajstić information content (AvgIpc) is 2.97. The molecule has 27 heavy (non-hydrogen) atoms. The molecule has 1 heterocycles. The first-order valence-corrected chi connectivity index (χ1v) is 9.80. The van der Waals surface area contributed by atoms with Crippen LogP contribution in [-0.4, -0.2) is 22.3 Å². The van der Waals surface area contributed by atoms with Crippen LogP contribution in [0.4, 0.5) is 0 Å². The van der Waals surface area contributed by atoms with Crippen LogP contribution in [0.2, 0.25) is 0 Å². The zero-order valence-electron chi connectivity index (χ0n) is 16.5. The molecule has 0 saturated carbocycles. The van der Waals surface area contributed by atoms with Crippen molar-refractivity contribution < 1.29 is 9.53 Å². The fourth-order valence-electron chi connectivity index (χ4n) is 3.53. The summed E-state index contributed by atoms with van der Waals surface area (Å²) in [5.74, 6) is 0.589. The topological polar surface area (TPSA) is 44.1 Å². The van der Waals surface area contributed by atoms with Crippen molar-refractivity contribution in [2.75, 3.05) is 6.61 Å². The maximum Gasteiger partial charge on any atom is 0.284 e. The van der Waals surface area contributed by atoms with E-state index in [-0.39, 0.29) is 12.5 Å². The molecule has 4 nitrogen and oxygen atoms in total. The second-order valence-corrected chi connectivity index (χ2v) is 7.03. The van der Waals surface area contributed by atoms with Crippen LogP contribution in [0.3, 0.4) is 0 Å². The van der Waals surface area contributed by atoms with Crippen molar-refractivity contribution >= 4 is 16.7 Å². The highest BCUT2D eigenvalue weighted by Gasteiger charge is 2.17. The van der Waals surface area contributed by atoms with Gasteiger partial charge < -0.3 is 4.74 Å². The van der Waals surface area contributed by atoms with Crippen LogP contribution in [0.5, 0.6) is 5.75 Å². The molecule has 0 radical (unpaired) electrons. The van der Waals surface area contributed by atoms with Crippen LogP contribution in [0.1, 0.15) is 54.4 Å². The Morgan fingerprint density at radius 3 is 2.63 bits per heavy atom. The van der Waals surface area contributed by atoms with Gasteiger partial charge in [0.05, 0.1) is 5.69 Å². The molecule has 0 aliphatic carbocycles. The van der Waals surface area contributed by atoms with E-state index in [9.17, 15) is 4.79 Å². The molecule has 0 aliphatic rings. The van der Waals surface area contributed by atoms with E-state index in [2.05, 4.69) is 12.0 Å². The number of fused-ring (bicyclic) bond motifs is 1. The Bertz CT molecular complexity index is 922. The molecule has 142 valence electrons. The van der Waals surface area contributed by atoms with Crippen molar-refractivity contribution in [2.24, 2.45) is 0 Å². The summed E-state index contributed by atoms with van der Waals surface area (Å²) in [7, 11) is 0. The number of carbonyl (C=O) groups excluding carboxylic acids is 1. The van der Waals surface area contributed by atoms with Gasteiger partial charge in [0.25, 0.3) is 5.91 Å². The highest BCUT2D eigenvalue weighted by molar-refractivity contribution is 5.88. The van der Waals surface area contributed by atoms with Crippen LogP contribution in [-0.2, 0) is 6.42 Å². The Hall–Kier alpha value is -2.62. The van der Waals surface area contributed by atoms with Crippen molar-refractivity contribution in [3.05, 3.63) is 59.4 Å². The Kier molecular flexibility index (Phi) is 6.28. The predicted octanol–water partition coefficient (Wildman–Crippen LogP) is 5.50. The van der Waals surface area contributed by atoms with Crippen LogP contribution in [0.25, 0.3) is 10.8 Å². The first-order chi connectivity index (χ1) is 13.1. The molecule has 0 amide bonds. The van der Waals surface area contributed by atoms with E-state index < -0.39 is 0 Å². The molecular weight excluding hydrogens is 336 g/mol. The molecule has 1 aromatic heterocycles. The van der Waals surface area contributed by atoms with Crippen molar-refractivity contribution in [1.29, 1.82) is 0 Å². The summed E-state index contributed by atoms with van der Waals surface area (Å²) in [6.07, 6.45) is 5.82. The van der Waals surface area contributed by atoms with Gasteiger partial charge in [-0.3, -0.25) is 4.79 Å². The molecular formula is C23H28N2O2.